The molecule has 0 unspecified atom stereocenters. The Hall–Kier alpha value is -2.41. The second-order valence-electron chi connectivity index (χ2n) is 6.20. The molecule has 0 spiro atoms. The van der Waals surface area contributed by atoms with Gasteiger partial charge in [0, 0.05) is 20.4 Å². The summed E-state index contributed by atoms with van der Waals surface area (Å²) in [7, 11) is 0. The van der Waals surface area contributed by atoms with Crippen molar-refractivity contribution < 1.29 is 4.79 Å². The molecule has 0 saturated carbocycles. The van der Waals surface area contributed by atoms with Gasteiger partial charge in [0.05, 0.1) is 17.0 Å². The van der Waals surface area contributed by atoms with E-state index in [2.05, 4.69) is 26.2 Å². The van der Waals surface area contributed by atoms with Gasteiger partial charge < -0.3 is 5.32 Å². The van der Waals surface area contributed by atoms with E-state index in [1.807, 2.05) is 66.7 Å². The molecule has 1 aromatic heterocycles. The van der Waals surface area contributed by atoms with Crippen LogP contribution in [0, 0.1) is 0 Å². The number of nitrogens with zero attached hydrogens (tertiary/aromatic N) is 2. The first-order chi connectivity index (χ1) is 14.1. The van der Waals surface area contributed by atoms with Gasteiger partial charge in [0.1, 0.15) is 5.03 Å². The van der Waals surface area contributed by atoms with Gasteiger partial charge in [-0.25, -0.2) is 9.97 Å². The Balaban J connectivity index is 1.62. The van der Waals surface area contributed by atoms with Crippen LogP contribution < -0.4 is 5.32 Å². The van der Waals surface area contributed by atoms with Crippen LogP contribution in [-0.2, 0) is 4.79 Å². The third-order valence-corrected chi connectivity index (χ3v) is 6.06. The van der Waals surface area contributed by atoms with Crippen molar-refractivity contribution in [3.05, 3.63) is 82.3 Å². The molecular weight excluding hydrogens is 470 g/mol. The normalized spacial score (nSPS) is 10.8. The van der Waals surface area contributed by atoms with E-state index in [1.165, 1.54) is 11.8 Å². The lowest BCUT2D eigenvalue weighted by Crippen LogP contribution is -2.14. The molecule has 1 heterocycles. The number of amides is 1. The second kappa shape index (κ2) is 8.95. The van der Waals surface area contributed by atoms with Gasteiger partial charge >= 0.3 is 0 Å². The highest BCUT2D eigenvalue weighted by Gasteiger charge is 2.13. The van der Waals surface area contributed by atoms with Crippen molar-refractivity contribution in [2.45, 2.75) is 5.03 Å². The number of hydrogen-bond donors (Lipinski definition) is 1. The van der Waals surface area contributed by atoms with Gasteiger partial charge in [-0.3, -0.25) is 4.79 Å². The van der Waals surface area contributed by atoms with Gasteiger partial charge in [-0.15, -0.1) is 0 Å². The quantitative estimate of drug-likeness (QED) is 0.261. The number of carbonyl (C=O) groups excluding carboxylic acids is 1. The topological polar surface area (TPSA) is 54.9 Å². The molecule has 4 aromatic rings. The molecule has 0 saturated heterocycles. The van der Waals surface area contributed by atoms with Crippen molar-refractivity contribution in [1.29, 1.82) is 0 Å². The van der Waals surface area contributed by atoms with Gasteiger partial charge in [-0.05, 0) is 46.3 Å². The number of fused-ring (bicyclic) bond motifs is 1. The average Bonchev–Trinajstić information content (AvgIpc) is 2.74. The minimum atomic E-state index is -0.114. The lowest BCUT2D eigenvalue weighted by atomic mass is 10.2. The number of nitrogens with one attached hydrogen (secondary N) is 1. The summed E-state index contributed by atoms with van der Waals surface area (Å²) in [5.74, 6) is 0.722. The lowest BCUT2D eigenvalue weighted by molar-refractivity contribution is -0.113. The van der Waals surface area contributed by atoms with E-state index in [1.54, 1.807) is 6.07 Å². The number of benzene rings is 3. The first kappa shape index (κ1) is 19.9. The Kier molecular flexibility index (Phi) is 6.13. The highest BCUT2D eigenvalue weighted by atomic mass is 79.9. The zero-order valence-electron chi connectivity index (χ0n) is 15.1. The summed E-state index contributed by atoms with van der Waals surface area (Å²) in [5, 5.41) is 5.07. The van der Waals surface area contributed by atoms with Crippen LogP contribution in [0.5, 0.6) is 0 Å². The lowest BCUT2D eigenvalue weighted by Gasteiger charge is -2.10. The van der Waals surface area contributed by atoms with Crippen molar-refractivity contribution in [2.24, 2.45) is 0 Å². The van der Waals surface area contributed by atoms with Crippen LogP contribution in [0.2, 0.25) is 5.02 Å². The maximum absolute atomic E-state index is 12.5. The van der Waals surface area contributed by atoms with Crippen molar-refractivity contribution in [2.75, 3.05) is 11.1 Å². The van der Waals surface area contributed by atoms with Gasteiger partial charge in [0.2, 0.25) is 5.91 Å². The standard InChI is InChI=1S/C22H15BrClN3OS/c23-17-8-4-5-9-19(17)25-20(28)13-29-22-16-12-15(24)10-11-18(16)26-21(27-22)14-6-2-1-3-7-14/h1-12H,13H2,(H,25,28). The van der Waals surface area contributed by atoms with Crippen LogP contribution in [0.3, 0.4) is 0 Å². The molecule has 7 heteroatoms. The largest absolute Gasteiger partial charge is 0.324 e. The maximum atomic E-state index is 12.5. The number of halogens is 2. The molecule has 0 aliphatic rings. The summed E-state index contributed by atoms with van der Waals surface area (Å²) in [6, 6.07) is 22.8. The van der Waals surface area contributed by atoms with E-state index in [0.29, 0.717) is 10.8 Å². The van der Waals surface area contributed by atoms with Gasteiger partial charge in [-0.1, -0.05) is 65.8 Å². The van der Waals surface area contributed by atoms with Crippen molar-refractivity contribution in [3.63, 3.8) is 0 Å². The summed E-state index contributed by atoms with van der Waals surface area (Å²) in [5.41, 5.74) is 2.44. The van der Waals surface area contributed by atoms with Crippen LogP contribution >= 0.6 is 39.3 Å². The second-order valence-corrected chi connectivity index (χ2v) is 8.45. The summed E-state index contributed by atoms with van der Waals surface area (Å²) < 4.78 is 0.837. The van der Waals surface area contributed by atoms with Crippen molar-refractivity contribution >= 4 is 61.8 Å². The van der Waals surface area contributed by atoms with Gasteiger partial charge in [0.25, 0.3) is 0 Å². The smallest absolute Gasteiger partial charge is 0.234 e. The van der Waals surface area contributed by atoms with Crippen LogP contribution in [0.1, 0.15) is 0 Å². The Morgan fingerprint density at radius 1 is 1.00 bits per heavy atom. The van der Waals surface area contributed by atoms with E-state index in [4.69, 9.17) is 16.6 Å². The molecule has 1 N–H and O–H groups in total. The van der Waals surface area contributed by atoms with E-state index in [0.717, 1.165) is 31.7 Å². The van der Waals surface area contributed by atoms with Gasteiger partial charge in [0.15, 0.2) is 5.82 Å². The van der Waals surface area contributed by atoms with Crippen LogP contribution in [0.25, 0.3) is 22.3 Å². The first-order valence-electron chi connectivity index (χ1n) is 8.80. The zero-order valence-corrected chi connectivity index (χ0v) is 18.3. The number of aromatic nitrogens is 2. The van der Waals surface area contributed by atoms with Crippen molar-refractivity contribution in [3.8, 4) is 11.4 Å². The minimum Gasteiger partial charge on any atom is -0.324 e. The molecule has 0 atom stereocenters. The monoisotopic (exact) mass is 483 g/mol. The third kappa shape index (κ3) is 4.78. The molecule has 144 valence electrons. The predicted molar refractivity (Wildman–Crippen MR) is 123 cm³/mol. The molecule has 4 nitrogen and oxygen atoms in total. The SMILES string of the molecule is O=C(CSc1nc(-c2ccccc2)nc2ccc(Cl)cc12)Nc1ccccc1Br. The molecule has 4 rings (SSSR count). The van der Waals surface area contributed by atoms with Gasteiger partial charge in [-0.2, -0.15) is 0 Å². The molecule has 3 aromatic carbocycles. The Bertz CT molecular complexity index is 1190. The number of para-hydroxylation sites is 1. The van der Waals surface area contributed by atoms with Crippen LogP contribution in [0.15, 0.2) is 82.3 Å². The number of carbonyl (C=O) groups is 1. The fraction of sp³-hybridized carbons (Fsp3) is 0.0455. The fourth-order valence-corrected chi connectivity index (χ4v) is 4.15. The third-order valence-electron chi connectivity index (χ3n) is 4.14. The van der Waals surface area contributed by atoms with Crippen molar-refractivity contribution in [1.82, 2.24) is 9.97 Å². The predicted octanol–water partition coefficient (Wildman–Crippen LogP) is 6.44. The molecule has 0 bridgehead atoms. The molecule has 1 amide bonds. The zero-order chi connectivity index (χ0) is 20.2. The van der Waals surface area contributed by atoms with Crippen LogP contribution in [0.4, 0.5) is 5.69 Å². The van der Waals surface area contributed by atoms with Crippen LogP contribution in [-0.4, -0.2) is 21.6 Å². The molecular formula is C22H15BrClN3OS. The minimum absolute atomic E-state index is 0.114. The molecule has 0 radical (unpaired) electrons. The molecule has 0 aliphatic heterocycles. The summed E-state index contributed by atoms with van der Waals surface area (Å²) in [6.45, 7) is 0. The first-order valence-corrected chi connectivity index (χ1v) is 11.0. The summed E-state index contributed by atoms with van der Waals surface area (Å²) in [6.07, 6.45) is 0. The maximum Gasteiger partial charge on any atom is 0.234 e. The van der Waals surface area contributed by atoms with E-state index in [-0.39, 0.29) is 11.7 Å². The summed E-state index contributed by atoms with van der Waals surface area (Å²) in [4.78, 5) is 21.9. The summed E-state index contributed by atoms with van der Waals surface area (Å²) >= 11 is 11.0. The fourth-order valence-electron chi connectivity index (χ4n) is 2.78. The number of hydrogen-bond acceptors (Lipinski definition) is 4. The Morgan fingerprint density at radius 3 is 2.55 bits per heavy atom. The highest BCUT2D eigenvalue weighted by Crippen LogP contribution is 2.30. The number of rotatable bonds is 5. The molecule has 29 heavy (non-hydrogen) atoms. The molecule has 0 fully saturated rings. The van der Waals surface area contributed by atoms with E-state index >= 15 is 0 Å². The number of anilines is 1. The van der Waals surface area contributed by atoms with E-state index in [9.17, 15) is 4.79 Å². The Labute approximate surface area is 185 Å². The molecule has 0 aliphatic carbocycles. The Morgan fingerprint density at radius 2 is 1.76 bits per heavy atom. The van der Waals surface area contributed by atoms with E-state index < -0.39 is 0 Å². The average molecular weight is 485 g/mol. The highest BCUT2D eigenvalue weighted by molar-refractivity contribution is 9.10. The number of thioether (sulfide) groups is 1.